The highest BCUT2D eigenvalue weighted by atomic mass is 32.2. The average molecular weight is 293 g/mol. The summed E-state index contributed by atoms with van der Waals surface area (Å²) in [5, 5.41) is 2.55. The molecule has 2 rings (SSSR count). The van der Waals surface area contributed by atoms with E-state index in [9.17, 15) is 22.4 Å². The second-order valence-electron chi connectivity index (χ2n) is 4.23. The number of amides is 1. The average Bonchev–Trinajstić information content (AvgIpc) is 2.80. The fourth-order valence-corrected chi connectivity index (χ4v) is 2.94. The molecule has 1 N–H and O–H groups in total. The molecule has 0 saturated carbocycles. The lowest BCUT2D eigenvalue weighted by Crippen LogP contribution is -2.35. The van der Waals surface area contributed by atoms with Crippen molar-refractivity contribution in [1.29, 1.82) is 0 Å². The van der Waals surface area contributed by atoms with Gasteiger partial charge in [0, 0.05) is 11.8 Å². The first-order chi connectivity index (χ1) is 8.88. The van der Waals surface area contributed by atoms with Crippen molar-refractivity contribution in [3.05, 3.63) is 35.1 Å². The molecule has 1 fully saturated rings. The first-order valence-corrected chi connectivity index (χ1v) is 6.79. The number of rotatable bonds is 2. The molecule has 1 atom stereocenters. The molecule has 1 aliphatic heterocycles. The fourth-order valence-electron chi connectivity index (χ4n) is 1.79. The molecule has 0 aliphatic carbocycles. The molecule has 2 nitrogen and oxygen atoms in total. The van der Waals surface area contributed by atoms with Crippen molar-refractivity contribution in [3.8, 4) is 0 Å². The van der Waals surface area contributed by atoms with Gasteiger partial charge in [-0.05, 0) is 30.4 Å². The maximum Gasteiger partial charge on any atom is 0.416 e. The van der Waals surface area contributed by atoms with Crippen LogP contribution in [0.2, 0.25) is 0 Å². The van der Waals surface area contributed by atoms with Crippen LogP contribution in [0.15, 0.2) is 18.2 Å². The van der Waals surface area contributed by atoms with Crippen molar-refractivity contribution in [1.82, 2.24) is 5.32 Å². The van der Waals surface area contributed by atoms with E-state index in [1.807, 2.05) is 0 Å². The van der Waals surface area contributed by atoms with Gasteiger partial charge in [-0.1, -0.05) is 0 Å². The second-order valence-corrected chi connectivity index (χ2v) is 5.38. The van der Waals surface area contributed by atoms with Crippen LogP contribution >= 0.6 is 11.8 Å². The number of hydrogen-bond donors (Lipinski definition) is 1. The van der Waals surface area contributed by atoms with Crippen LogP contribution in [0.25, 0.3) is 0 Å². The lowest BCUT2D eigenvalue weighted by Gasteiger charge is -2.13. The Morgan fingerprint density at radius 3 is 2.68 bits per heavy atom. The van der Waals surface area contributed by atoms with Gasteiger partial charge in [-0.2, -0.15) is 24.9 Å². The van der Waals surface area contributed by atoms with Gasteiger partial charge in [0.15, 0.2) is 0 Å². The molecular formula is C12H11F4NOS. The van der Waals surface area contributed by atoms with Gasteiger partial charge in [-0.15, -0.1) is 0 Å². The normalized spacial score (nSPS) is 19.5. The van der Waals surface area contributed by atoms with Crippen LogP contribution in [0, 0.1) is 5.82 Å². The van der Waals surface area contributed by atoms with Crippen LogP contribution in [-0.2, 0) is 6.18 Å². The minimum atomic E-state index is -4.59. The summed E-state index contributed by atoms with van der Waals surface area (Å²) >= 11 is 1.64. The van der Waals surface area contributed by atoms with Gasteiger partial charge in [0.25, 0.3) is 5.91 Å². The van der Waals surface area contributed by atoms with Crippen molar-refractivity contribution in [3.63, 3.8) is 0 Å². The molecule has 0 radical (unpaired) electrons. The summed E-state index contributed by atoms with van der Waals surface area (Å²) in [5.74, 6) is -0.158. The predicted molar refractivity (Wildman–Crippen MR) is 64.6 cm³/mol. The summed E-state index contributed by atoms with van der Waals surface area (Å²) in [6, 6.07) is 1.73. The molecule has 1 amide bonds. The van der Waals surface area contributed by atoms with E-state index >= 15 is 0 Å². The fraction of sp³-hybridized carbons (Fsp3) is 0.417. The van der Waals surface area contributed by atoms with Crippen LogP contribution in [0.1, 0.15) is 22.3 Å². The Hall–Kier alpha value is -1.24. The Balaban J connectivity index is 2.20. The number of alkyl halides is 3. The number of nitrogens with one attached hydrogen (secondary N) is 1. The predicted octanol–water partition coefficient (Wildman–Crippen LogP) is 3.08. The largest absolute Gasteiger partial charge is 0.416 e. The third kappa shape index (κ3) is 3.40. The van der Waals surface area contributed by atoms with E-state index in [1.54, 1.807) is 11.8 Å². The number of carbonyl (C=O) groups excluding carboxylic acids is 1. The Morgan fingerprint density at radius 2 is 2.11 bits per heavy atom. The van der Waals surface area contributed by atoms with Crippen LogP contribution < -0.4 is 5.32 Å². The first-order valence-electron chi connectivity index (χ1n) is 5.63. The zero-order valence-electron chi connectivity index (χ0n) is 9.76. The second kappa shape index (κ2) is 5.40. The van der Waals surface area contributed by atoms with E-state index in [0.717, 1.165) is 12.2 Å². The Morgan fingerprint density at radius 1 is 1.37 bits per heavy atom. The summed E-state index contributed by atoms with van der Waals surface area (Å²) in [6.07, 6.45) is -3.84. The van der Waals surface area contributed by atoms with Crippen molar-refractivity contribution in [2.24, 2.45) is 0 Å². The smallest absolute Gasteiger partial charge is 0.348 e. The van der Waals surface area contributed by atoms with E-state index in [2.05, 4.69) is 5.32 Å². The number of carbonyl (C=O) groups is 1. The zero-order valence-corrected chi connectivity index (χ0v) is 10.6. The monoisotopic (exact) mass is 293 g/mol. The molecule has 0 spiro atoms. The highest BCUT2D eigenvalue weighted by molar-refractivity contribution is 7.99. The minimum absolute atomic E-state index is 0.105. The van der Waals surface area contributed by atoms with Crippen LogP contribution in [0.5, 0.6) is 0 Å². The number of hydrogen-bond acceptors (Lipinski definition) is 2. The molecule has 1 aromatic rings. The standard InChI is InChI=1S/C12H11F4NOS/c13-10-2-1-7(12(14,15)16)5-9(10)11(18)17-8-3-4-19-6-8/h1-2,5,8H,3-4,6H2,(H,17,18). The topological polar surface area (TPSA) is 29.1 Å². The van der Waals surface area contributed by atoms with Crippen LogP contribution in [0.3, 0.4) is 0 Å². The van der Waals surface area contributed by atoms with Crippen LogP contribution in [-0.4, -0.2) is 23.5 Å². The maximum atomic E-state index is 13.4. The summed E-state index contributed by atoms with van der Waals surface area (Å²) in [5.41, 5.74) is -1.59. The van der Waals surface area contributed by atoms with Gasteiger partial charge >= 0.3 is 6.18 Å². The first kappa shape index (κ1) is 14.2. The van der Waals surface area contributed by atoms with Crippen molar-refractivity contribution in [2.75, 3.05) is 11.5 Å². The van der Waals surface area contributed by atoms with E-state index in [-0.39, 0.29) is 6.04 Å². The summed E-state index contributed by atoms with van der Waals surface area (Å²) in [7, 11) is 0. The molecular weight excluding hydrogens is 282 g/mol. The number of halogens is 4. The number of thioether (sulfide) groups is 1. The summed E-state index contributed by atoms with van der Waals surface area (Å²) in [6.45, 7) is 0. The van der Waals surface area contributed by atoms with Gasteiger partial charge in [-0.3, -0.25) is 4.79 Å². The van der Waals surface area contributed by atoms with Crippen molar-refractivity contribution >= 4 is 17.7 Å². The molecule has 1 unspecified atom stereocenters. The van der Waals surface area contributed by atoms with Gasteiger partial charge in [0.05, 0.1) is 11.1 Å². The van der Waals surface area contributed by atoms with Gasteiger partial charge in [0.2, 0.25) is 0 Å². The summed E-state index contributed by atoms with van der Waals surface area (Å²) < 4.78 is 51.0. The molecule has 7 heteroatoms. The molecule has 1 saturated heterocycles. The quantitative estimate of drug-likeness (QED) is 0.849. The molecule has 104 valence electrons. The lowest BCUT2D eigenvalue weighted by atomic mass is 10.1. The molecule has 1 aliphatic rings. The molecule has 0 bridgehead atoms. The minimum Gasteiger partial charge on any atom is -0.348 e. The third-order valence-corrected chi connectivity index (χ3v) is 3.97. The van der Waals surface area contributed by atoms with E-state index < -0.39 is 29.0 Å². The van der Waals surface area contributed by atoms with Crippen molar-refractivity contribution < 1.29 is 22.4 Å². The molecule has 1 aromatic carbocycles. The van der Waals surface area contributed by atoms with E-state index in [0.29, 0.717) is 24.0 Å². The highest BCUT2D eigenvalue weighted by Gasteiger charge is 2.32. The lowest BCUT2D eigenvalue weighted by molar-refractivity contribution is -0.137. The SMILES string of the molecule is O=C(NC1CCSC1)c1cc(C(F)(F)F)ccc1F. The zero-order chi connectivity index (χ0) is 14.0. The molecule has 1 heterocycles. The highest BCUT2D eigenvalue weighted by Crippen LogP contribution is 2.30. The molecule has 19 heavy (non-hydrogen) atoms. The van der Waals surface area contributed by atoms with E-state index in [4.69, 9.17) is 0 Å². The number of benzene rings is 1. The van der Waals surface area contributed by atoms with Gasteiger partial charge in [-0.25, -0.2) is 4.39 Å². The third-order valence-electron chi connectivity index (χ3n) is 2.80. The Kier molecular flexibility index (Phi) is 4.03. The van der Waals surface area contributed by atoms with Crippen molar-refractivity contribution in [2.45, 2.75) is 18.6 Å². The van der Waals surface area contributed by atoms with Crippen LogP contribution in [0.4, 0.5) is 17.6 Å². The molecule has 0 aromatic heterocycles. The van der Waals surface area contributed by atoms with Gasteiger partial charge in [0.1, 0.15) is 5.82 Å². The maximum absolute atomic E-state index is 13.4. The van der Waals surface area contributed by atoms with E-state index in [1.165, 1.54) is 0 Å². The summed E-state index contributed by atoms with van der Waals surface area (Å²) in [4.78, 5) is 11.8. The Bertz CT molecular complexity index is 483. The Labute approximate surface area is 111 Å². The van der Waals surface area contributed by atoms with Gasteiger partial charge < -0.3 is 5.32 Å².